The van der Waals surface area contributed by atoms with E-state index in [-0.39, 0.29) is 13.1 Å². The topological polar surface area (TPSA) is 63.7 Å². The van der Waals surface area contributed by atoms with Crippen LogP contribution in [-0.2, 0) is 15.4 Å². The minimum atomic E-state index is -2.41. The van der Waals surface area contributed by atoms with E-state index in [1.807, 2.05) is 0 Å². The van der Waals surface area contributed by atoms with E-state index in [9.17, 15) is 13.2 Å². The van der Waals surface area contributed by atoms with Crippen LogP contribution in [0.4, 0.5) is 4.79 Å². The van der Waals surface area contributed by atoms with Gasteiger partial charge >= 0.3 is 6.09 Å². The molecule has 1 amide bonds. The summed E-state index contributed by atoms with van der Waals surface area (Å²) < 4.78 is 26.0. The van der Waals surface area contributed by atoms with Crippen molar-refractivity contribution in [3.8, 4) is 0 Å². The zero-order valence-electron chi connectivity index (χ0n) is 8.52. The molecule has 82 valence electrons. The van der Waals surface area contributed by atoms with Gasteiger partial charge in [-0.1, -0.05) is 0 Å². The molecule has 0 saturated carbocycles. The minimum Gasteiger partial charge on any atom is -0.444 e. The normalized spacial score (nSPS) is 18.1. The quantitative estimate of drug-likeness (QED) is 0.643. The second kappa shape index (κ2) is 3.76. The summed E-state index contributed by atoms with van der Waals surface area (Å²) in [6, 6.07) is 0. The fraction of sp³-hybridized carbons (Fsp3) is 0.875. The molecule has 1 rings (SSSR count). The Balaban J connectivity index is 2.37. The Morgan fingerprint density at radius 1 is 1.36 bits per heavy atom. The molecule has 0 aromatic rings. The number of ether oxygens (including phenoxy) is 1. The van der Waals surface area contributed by atoms with Crippen molar-refractivity contribution in [2.75, 3.05) is 13.1 Å². The van der Waals surface area contributed by atoms with E-state index >= 15 is 0 Å². The van der Waals surface area contributed by atoms with E-state index < -0.39 is 27.6 Å². The Morgan fingerprint density at radius 2 is 1.86 bits per heavy atom. The van der Waals surface area contributed by atoms with Gasteiger partial charge in [0.15, 0.2) is 0 Å². The van der Waals surface area contributed by atoms with E-state index in [4.69, 9.17) is 4.74 Å². The van der Waals surface area contributed by atoms with Crippen LogP contribution in [0.5, 0.6) is 0 Å². The number of thiol groups is 1. The lowest BCUT2D eigenvalue weighted by Gasteiger charge is -2.36. The zero-order valence-corrected chi connectivity index (χ0v) is 9.41. The van der Waals surface area contributed by atoms with E-state index in [0.29, 0.717) is 0 Å². The average Bonchev–Trinajstić information content (AvgIpc) is 1.75. The molecule has 1 saturated heterocycles. The maximum atomic E-state index is 11.3. The van der Waals surface area contributed by atoms with Gasteiger partial charge in [-0.2, -0.15) is 0 Å². The van der Waals surface area contributed by atoms with Crippen LogP contribution in [0.1, 0.15) is 20.8 Å². The van der Waals surface area contributed by atoms with Crippen LogP contribution >= 0.6 is 0 Å². The third-order valence-corrected chi connectivity index (χ3v) is 2.73. The van der Waals surface area contributed by atoms with Crippen molar-refractivity contribution in [1.82, 2.24) is 4.90 Å². The van der Waals surface area contributed by atoms with Crippen molar-refractivity contribution in [2.45, 2.75) is 31.6 Å². The Bertz CT molecular complexity index is 291. The lowest BCUT2D eigenvalue weighted by Crippen LogP contribution is -2.55. The Morgan fingerprint density at radius 3 is 2.21 bits per heavy atom. The summed E-state index contributed by atoms with van der Waals surface area (Å²) in [7, 11) is -2.41. The van der Waals surface area contributed by atoms with Gasteiger partial charge in [-0.15, -0.1) is 0 Å². The molecule has 14 heavy (non-hydrogen) atoms. The van der Waals surface area contributed by atoms with Gasteiger partial charge in [0.1, 0.15) is 16.3 Å². The van der Waals surface area contributed by atoms with E-state index in [1.54, 1.807) is 20.8 Å². The number of amides is 1. The molecule has 0 spiro atoms. The smallest absolute Gasteiger partial charge is 0.410 e. The monoisotopic (exact) mass is 221 g/mol. The fourth-order valence-electron chi connectivity index (χ4n) is 1.06. The van der Waals surface area contributed by atoms with Crippen molar-refractivity contribution in [1.29, 1.82) is 0 Å². The molecular formula is C8H15NO4S. The highest BCUT2D eigenvalue weighted by atomic mass is 32.2. The van der Waals surface area contributed by atoms with Gasteiger partial charge in [0.05, 0.1) is 5.25 Å². The van der Waals surface area contributed by atoms with Gasteiger partial charge in [-0.25, -0.2) is 13.2 Å². The van der Waals surface area contributed by atoms with Crippen LogP contribution in [-0.4, -0.2) is 43.4 Å². The maximum absolute atomic E-state index is 11.3. The molecule has 0 radical (unpaired) electrons. The van der Waals surface area contributed by atoms with Gasteiger partial charge in [-0.05, 0) is 20.8 Å². The molecule has 6 heteroatoms. The summed E-state index contributed by atoms with van der Waals surface area (Å²) in [5, 5.41) is -0.391. The van der Waals surface area contributed by atoms with Crippen LogP contribution in [0.2, 0.25) is 0 Å². The number of hydrogen-bond donors (Lipinski definition) is 1. The van der Waals surface area contributed by atoms with Crippen molar-refractivity contribution >= 4 is 16.8 Å². The Kier molecular flexibility index (Phi) is 3.04. The van der Waals surface area contributed by atoms with Crippen LogP contribution in [0.15, 0.2) is 0 Å². The predicted molar refractivity (Wildman–Crippen MR) is 51.9 cm³/mol. The second-order valence-corrected chi connectivity index (χ2v) is 5.63. The average molecular weight is 221 g/mol. The number of carbonyl (C=O) groups excluding carboxylic acids is 1. The highest BCUT2D eigenvalue weighted by Crippen LogP contribution is 2.16. The molecule has 0 bridgehead atoms. The molecule has 0 unspecified atom stereocenters. The first kappa shape index (κ1) is 11.3. The minimum absolute atomic E-state index is 0.258. The number of likely N-dealkylation sites (tertiary alicyclic amines) is 1. The third kappa shape index (κ3) is 2.87. The van der Waals surface area contributed by atoms with Crippen molar-refractivity contribution < 1.29 is 17.9 Å². The number of rotatable bonds is 1. The van der Waals surface area contributed by atoms with Crippen molar-refractivity contribution in [3.63, 3.8) is 0 Å². The lowest BCUT2D eigenvalue weighted by molar-refractivity contribution is 0.0141. The summed E-state index contributed by atoms with van der Waals surface area (Å²) in [5.74, 6) is 0. The van der Waals surface area contributed by atoms with E-state index in [0.717, 1.165) is 0 Å². The number of hydrogen-bond acceptors (Lipinski definition) is 4. The predicted octanol–water partition coefficient (Wildman–Crippen LogP) is 0.217. The van der Waals surface area contributed by atoms with Crippen molar-refractivity contribution in [3.05, 3.63) is 0 Å². The number of nitrogens with zero attached hydrogens (tertiary/aromatic N) is 1. The first-order valence-corrected chi connectivity index (χ1v) is 5.65. The SMILES string of the molecule is CC(C)(C)OC(=O)N1CC([SH](=O)=O)C1. The van der Waals surface area contributed by atoms with Crippen LogP contribution in [0.3, 0.4) is 0 Å². The summed E-state index contributed by atoms with van der Waals surface area (Å²) in [5.41, 5.74) is -0.526. The largest absolute Gasteiger partial charge is 0.444 e. The van der Waals surface area contributed by atoms with Gasteiger partial charge in [0.2, 0.25) is 0 Å². The molecular weight excluding hydrogens is 206 g/mol. The van der Waals surface area contributed by atoms with Gasteiger partial charge < -0.3 is 9.64 Å². The van der Waals surface area contributed by atoms with Crippen molar-refractivity contribution in [2.24, 2.45) is 0 Å². The molecule has 0 aromatic carbocycles. The summed E-state index contributed by atoms with van der Waals surface area (Å²) >= 11 is 0. The first-order chi connectivity index (χ1) is 6.29. The molecule has 0 aliphatic carbocycles. The summed E-state index contributed by atoms with van der Waals surface area (Å²) in [6.45, 7) is 5.84. The summed E-state index contributed by atoms with van der Waals surface area (Å²) in [4.78, 5) is 12.7. The molecule has 0 atom stereocenters. The van der Waals surface area contributed by atoms with Gasteiger partial charge in [-0.3, -0.25) is 0 Å². The highest BCUT2D eigenvalue weighted by molar-refractivity contribution is 7.73. The van der Waals surface area contributed by atoms with E-state index in [1.165, 1.54) is 4.90 Å². The molecule has 1 aliphatic heterocycles. The first-order valence-electron chi connectivity index (χ1n) is 4.41. The van der Waals surface area contributed by atoms with Crippen LogP contribution < -0.4 is 0 Å². The van der Waals surface area contributed by atoms with Gasteiger partial charge in [0, 0.05) is 13.1 Å². The molecule has 1 aliphatic rings. The fourth-order valence-corrected chi connectivity index (χ4v) is 1.73. The molecule has 1 heterocycles. The van der Waals surface area contributed by atoms with Crippen LogP contribution in [0.25, 0.3) is 0 Å². The highest BCUT2D eigenvalue weighted by Gasteiger charge is 2.35. The number of carbonyl (C=O) groups is 1. The molecule has 5 nitrogen and oxygen atoms in total. The maximum Gasteiger partial charge on any atom is 0.410 e. The van der Waals surface area contributed by atoms with E-state index in [2.05, 4.69) is 0 Å². The molecule has 0 N–H and O–H groups in total. The standard InChI is InChI=1S/C8H15NO4S/c1-8(2,3)13-7(10)9-4-6(5-9)14(11)12/h6,14H,4-5H2,1-3H3. The zero-order chi connectivity index (χ0) is 10.9. The Hall–Kier alpha value is -0.780. The molecule has 0 aromatic heterocycles. The Labute approximate surface area is 85.0 Å². The lowest BCUT2D eigenvalue weighted by atomic mass is 10.2. The van der Waals surface area contributed by atoms with Gasteiger partial charge in [0.25, 0.3) is 0 Å². The molecule has 1 fully saturated rings. The van der Waals surface area contributed by atoms with Crippen LogP contribution in [0, 0.1) is 0 Å². The second-order valence-electron chi connectivity index (χ2n) is 4.32. The summed E-state index contributed by atoms with van der Waals surface area (Å²) in [6.07, 6.45) is -0.439. The third-order valence-electron chi connectivity index (χ3n) is 1.81.